The third-order valence-corrected chi connectivity index (χ3v) is 5.73. The predicted molar refractivity (Wildman–Crippen MR) is 144 cm³/mol. The number of hydrogen-bond donors (Lipinski definition) is 1. The number of ketones is 1. The highest BCUT2D eigenvalue weighted by Gasteiger charge is 1.96. The van der Waals surface area contributed by atoms with Crippen molar-refractivity contribution in [2.24, 2.45) is 0 Å². The molecule has 0 aromatic carbocycles. The smallest absolute Gasteiger partial charge is 0.217 e. The molecule has 0 aromatic heterocycles. The summed E-state index contributed by atoms with van der Waals surface area (Å²) in [6, 6.07) is 0. The van der Waals surface area contributed by atoms with Gasteiger partial charge in [-0.2, -0.15) is 0 Å². The van der Waals surface area contributed by atoms with E-state index in [0.717, 1.165) is 57.8 Å². The lowest BCUT2D eigenvalue weighted by Gasteiger charge is -2.04. The number of Topliss-reactive ketones (excluding diaryl/α,β-unsaturated/α-hetero) is 1. The minimum absolute atomic E-state index is 0.0228. The van der Waals surface area contributed by atoms with Gasteiger partial charge in [0.2, 0.25) is 5.91 Å². The van der Waals surface area contributed by atoms with Crippen molar-refractivity contribution >= 4 is 11.7 Å². The van der Waals surface area contributed by atoms with Crippen molar-refractivity contribution in [1.82, 2.24) is 5.32 Å². The average molecular weight is 456 g/mol. The van der Waals surface area contributed by atoms with Crippen LogP contribution in [0.1, 0.15) is 113 Å². The number of allylic oxidation sites excluding steroid dienone is 9. The molecule has 0 unspecified atom stereocenters. The van der Waals surface area contributed by atoms with Crippen LogP contribution < -0.4 is 5.32 Å². The van der Waals surface area contributed by atoms with Crippen LogP contribution in [0.4, 0.5) is 0 Å². The largest absolute Gasteiger partial charge is 0.353 e. The van der Waals surface area contributed by atoms with Gasteiger partial charge in [-0.3, -0.25) is 4.79 Å². The zero-order valence-electron chi connectivity index (χ0n) is 22.5. The molecule has 0 aliphatic heterocycles. The molecule has 0 fully saturated rings. The molecule has 0 saturated carbocycles. The van der Waals surface area contributed by atoms with Crippen LogP contribution in [0.25, 0.3) is 0 Å². The van der Waals surface area contributed by atoms with E-state index in [-0.39, 0.29) is 11.7 Å². The van der Waals surface area contributed by atoms with E-state index < -0.39 is 0 Å². The molecule has 0 atom stereocenters. The van der Waals surface area contributed by atoms with Crippen molar-refractivity contribution in [2.75, 3.05) is 6.54 Å². The van der Waals surface area contributed by atoms with Gasteiger partial charge in [0.05, 0.1) is 0 Å². The maximum Gasteiger partial charge on any atom is 0.217 e. The molecule has 0 heterocycles. The lowest BCUT2D eigenvalue weighted by atomic mass is 10.0. The first kappa shape index (κ1) is 30.8. The molecule has 0 aliphatic carbocycles. The highest BCUT2D eigenvalue weighted by molar-refractivity contribution is 5.75. The van der Waals surface area contributed by atoms with E-state index in [1.165, 1.54) is 27.9 Å². The summed E-state index contributed by atoms with van der Waals surface area (Å²) in [6.07, 6.45) is 21.8. The summed E-state index contributed by atoms with van der Waals surface area (Å²) < 4.78 is 0. The lowest BCUT2D eigenvalue weighted by molar-refractivity contribution is -0.119. The van der Waals surface area contributed by atoms with Gasteiger partial charge in [0.15, 0.2) is 0 Å². The molecule has 3 nitrogen and oxygen atoms in total. The highest BCUT2D eigenvalue weighted by Crippen LogP contribution is 2.15. The van der Waals surface area contributed by atoms with Gasteiger partial charge in [-0.05, 0) is 99.3 Å². The van der Waals surface area contributed by atoms with Crippen molar-refractivity contribution in [3.05, 3.63) is 58.2 Å². The first-order valence-corrected chi connectivity index (χ1v) is 12.6. The Morgan fingerprint density at radius 1 is 0.485 bits per heavy atom. The van der Waals surface area contributed by atoms with Crippen molar-refractivity contribution in [3.8, 4) is 0 Å². The Bertz CT molecular complexity index is 747. The first-order chi connectivity index (χ1) is 15.6. The monoisotopic (exact) mass is 455 g/mol. The Hall–Kier alpha value is -2.16. The van der Waals surface area contributed by atoms with Crippen LogP contribution in [0, 0.1) is 0 Å². The zero-order chi connectivity index (χ0) is 25.1. The van der Waals surface area contributed by atoms with Gasteiger partial charge in [0, 0.05) is 19.9 Å². The molecule has 0 aromatic rings. The maximum atomic E-state index is 11.0. The minimum atomic E-state index is 0.0228. The Morgan fingerprint density at radius 2 is 0.788 bits per heavy atom. The second-order valence-corrected chi connectivity index (χ2v) is 9.56. The van der Waals surface area contributed by atoms with Crippen molar-refractivity contribution in [2.45, 2.75) is 113 Å². The summed E-state index contributed by atoms with van der Waals surface area (Å²) in [5.74, 6) is 0.290. The minimum Gasteiger partial charge on any atom is -0.353 e. The number of carbonyl (C=O) groups is 2. The number of amides is 1. The van der Waals surface area contributed by atoms with Crippen LogP contribution in [-0.4, -0.2) is 18.2 Å². The Labute approximate surface area is 204 Å². The Kier molecular flexibility index (Phi) is 18.1. The van der Waals surface area contributed by atoms with E-state index >= 15 is 0 Å². The molecule has 0 saturated heterocycles. The van der Waals surface area contributed by atoms with Gasteiger partial charge in [0.1, 0.15) is 5.78 Å². The summed E-state index contributed by atoms with van der Waals surface area (Å²) >= 11 is 0. The topological polar surface area (TPSA) is 46.2 Å². The molecule has 0 aliphatic rings. The van der Waals surface area contributed by atoms with Gasteiger partial charge < -0.3 is 10.1 Å². The molecule has 186 valence electrons. The molecular formula is C30H49NO2. The van der Waals surface area contributed by atoms with Gasteiger partial charge in [0.25, 0.3) is 0 Å². The molecule has 0 spiro atoms. The number of carbonyl (C=O) groups excluding carboxylic acids is 2. The average Bonchev–Trinajstić information content (AvgIpc) is 2.72. The van der Waals surface area contributed by atoms with E-state index in [1.807, 2.05) is 0 Å². The molecular weight excluding hydrogens is 406 g/mol. The van der Waals surface area contributed by atoms with Crippen LogP contribution in [0.3, 0.4) is 0 Å². The fourth-order valence-corrected chi connectivity index (χ4v) is 3.45. The maximum absolute atomic E-state index is 11.0. The summed E-state index contributed by atoms with van der Waals surface area (Å²) in [4.78, 5) is 21.9. The van der Waals surface area contributed by atoms with E-state index in [0.29, 0.717) is 13.0 Å². The molecule has 0 bridgehead atoms. The zero-order valence-corrected chi connectivity index (χ0v) is 22.5. The lowest BCUT2D eigenvalue weighted by Crippen LogP contribution is -2.21. The number of hydrogen-bond acceptors (Lipinski definition) is 2. The van der Waals surface area contributed by atoms with Gasteiger partial charge in [-0.25, -0.2) is 0 Å². The van der Waals surface area contributed by atoms with Crippen LogP contribution in [0.5, 0.6) is 0 Å². The second kappa shape index (κ2) is 19.3. The van der Waals surface area contributed by atoms with Crippen LogP contribution >= 0.6 is 0 Å². The molecule has 0 radical (unpaired) electrons. The second-order valence-electron chi connectivity index (χ2n) is 9.56. The molecule has 1 N–H and O–H groups in total. The normalized spacial score (nSPS) is 14.0. The van der Waals surface area contributed by atoms with Gasteiger partial charge in [-0.15, -0.1) is 0 Å². The summed E-state index contributed by atoms with van der Waals surface area (Å²) in [6.45, 7) is 14.8. The van der Waals surface area contributed by atoms with Crippen molar-refractivity contribution in [3.63, 3.8) is 0 Å². The first-order valence-electron chi connectivity index (χ1n) is 12.6. The van der Waals surface area contributed by atoms with Crippen LogP contribution in [0.2, 0.25) is 0 Å². The van der Waals surface area contributed by atoms with E-state index in [1.54, 1.807) is 13.8 Å². The highest BCUT2D eigenvalue weighted by atomic mass is 16.1. The molecule has 3 heteroatoms. The van der Waals surface area contributed by atoms with Crippen molar-refractivity contribution < 1.29 is 9.59 Å². The number of rotatable bonds is 17. The van der Waals surface area contributed by atoms with Gasteiger partial charge in [-0.1, -0.05) is 58.2 Å². The third-order valence-electron chi connectivity index (χ3n) is 5.73. The molecule has 1 amide bonds. The summed E-state index contributed by atoms with van der Waals surface area (Å²) in [7, 11) is 0. The summed E-state index contributed by atoms with van der Waals surface area (Å²) in [5.41, 5.74) is 6.99. The standard InChI is InChI=1S/C30H49NO2/c1-24(15-9-17-26(3)19-11-21-28(5)23-31-30(7)33)13-8-14-25(2)16-10-18-27(4)20-12-22-29(6)32/h13,16-17,20-21H,8-12,14-15,18-19,22-23H2,1-7H3,(H,31,33)/b24-13+,25-16+,26-17+,27-20+,28-21+. The van der Waals surface area contributed by atoms with E-state index in [9.17, 15) is 9.59 Å². The fraction of sp³-hybridized carbons (Fsp3) is 0.600. The van der Waals surface area contributed by atoms with Crippen LogP contribution in [-0.2, 0) is 9.59 Å². The van der Waals surface area contributed by atoms with Crippen molar-refractivity contribution in [1.29, 1.82) is 0 Å². The predicted octanol–water partition coefficient (Wildman–Crippen LogP) is 8.34. The van der Waals surface area contributed by atoms with Gasteiger partial charge >= 0.3 is 0 Å². The number of nitrogens with one attached hydrogen (secondary N) is 1. The van der Waals surface area contributed by atoms with E-state index in [2.05, 4.69) is 70.3 Å². The Morgan fingerprint density at radius 3 is 1.09 bits per heavy atom. The third kappa shape index (κ3) is 21.4. The Balaban J connectivity index is 4.11. The quantitative estimate of drug-likeness (QED) is 0.224. The molecule has 33 heavy (non-hydrogen) atoms. The summed E-state index contributed by atoms with van der Waals surface area (Å²) in [5, 5.41) is 2.83. The van der Waals surface area contributed by atoms with Crippen LogP contribution in [0.15, 0.2) is 58.2 Å². The SMILES string of the molecule is CC(=O)CC/C=C(\C)CC/C=C(\C)CC/C=C(\C)CC/C=C(\C)CC/C=C(\C)CNC(C)=O. The fourth-order valence-electron chi connectivity index (χ4n) is 3.45. The molecule has 0 rings (SSSR count). The van der Waals surface area contributed by atoms with E-state index in [4.69, 9.17) is 0 Å².